The van der Waals surface area contributed by atoms with Gasteiger partial charge in [0.15, 0.2) is 5.82 Å². The van der Waals surface area contributed by atoms with Crippen molar-refractivity contribution in [3.05, 3.63) is 52.4 Å². The first-order valence-electron chi connectivity index (χ1n) is 7.64. The van der Waals surface area contributed by atoms with Crippen LogP contribution in [0.3, 0.4) is 0 Å². The van der Waals surface area contributed by atoms with Crippen LogP contribution in [0.2, 0.25) is 5.02 Å². The highest BCUT2D eigenvalue weighted by molar-refractivity contribution is 7.84. The van der Waals surface area contributed by atoms with Crippen LogP contribution in [-0.2, 0) is 22.5 Å². The van der Waals surface area contributed by atoms with Gasteiger partial charge in [0.25, 0.3) is 0 Å². The second kappa shape index (κ2) is 6.66. The van der Waals surface area contributed by atoms with E-state index in [1.807, 2.05) is 6.07 Å². The summed E-state index contributed by atoms with van der Waals surface area (Å²) in [5.41, 5.74) is -2.34. The minimum atomic E-state index is -4.67. The Bertz CT molecular complexity index is 1110. The Morgan fingerprint density at radius 1 is 1.57 bits per heavy atom. The number of alkyl halides is 3. The molecule has 2 unspecified atom stereocenters. The van der Waals surface area contributed by atoms with Crippen LogP contribution >= 0.6 is 11.6 Å². The maximum atomic E-state index is 13.3. The van der Waals surface area contributed by atoms with Crippen molar-refractivity contribution in [3.8, 4) is 11.8 Å². The lowest BCUT2D eigenvalue weighted by atomic mass is 9.83. The first-order valence-corrected chi connectivity index (χ1v) is 9.57. The molecule has 3 rings (SSSR count). The van der Waals surface area contributed by atoms with Gasteiger partial charge >= 0.3 is 12.0 Å². The molecule has 1 aliphatic heterocycles. The predicted octanol–water partition coefficient (Wildman–Crippen LogP) is 4.55. The van der Waals surface area contributed by atoms with E-state index >= 15 is 0 Å². The van der Waals surface area contributed by atoms with Crippen molar-refractivity contribution in [1.29, 1.82) is 5.26 Å². The van der Waals surface area contributed by atoms with Gasteiger partial charge in [0.1, 0.15) is 10.6 Å². The van der Waals surface area contributed by atoms with Crippen LogP contribution in [0, 0.1) is 17.9 Å². The van der Waals surface area contributed by atoms with E-state index in [1.165, 1.54) is 12.3 Å². The Balaban J connectivity index is 2.47. The minimum absolute atomic E-state index is 0.0313. The first-order chi connectivity index (χ1) is 13.1. The Kier molecular flexibility index (Phi) is 4.74. The predicted molar refractivity (Wildman–Crippen MR) is 97.9 cm³/mol. The second-order valence-corrected chi connectivity index (χ2v) is 7.69. The van der Waals surface area contributed by atoms with Gasteiger partial charge in [-0.2, -0.15) is 18.4 Å². The number of halogens is 4. The molecule has 0 fully saturated rings. The van der Waals surface area contributed by atoms with Crippen LogP contribution in [0.5, 0.6) is 0 Å². The third-order valence-electron chi connectivity index (χ3n) is 4.35. The average Bonchev–Trinajstić information content (AvgIpc) is 2.98. The van der Waals surface area contributed by atoms with Crippen molar-refractivity contribution in [2.75, 3.05) is 11.6 Å². The monoisotopic (exact) mass is 425 g/mol. The summed E-state index contributed by atoms with van der Waals surface area (Å²) in [5, 5.41) is 16.0. The van der Waals surface area contributed by atoms with Crippen molar-refractivity contribution >= 4 is 34.0 Å². The van der Waals surface area contributed by atoms with Crippen molar-refractivity contribution in [3.63, 3.8) is 0 Å². The lowest BCUT2D eigenvalue weighted by Crippen LogP contribution is -2.39. The maximum Gasteiger partial charge on any atom is 0.416 e. The van der Waals surface area contributed by atoms with Crippen molar-refractivity contribution in [2.24, 2.45) is 0 Å². The van der Waals surface area contributed by atoms with Crippen LogP contribution in [0.15, 0.2) is 29.7 Å². The molecule has 0 aliphatic carbocycles. The smallest absolute Gasteiger partial charge is 0.358 e. The summed E-state index contributed by atoms with van der Waals surface area (Å²) in [7, 11) is -1.64. The molecule has 0 spiro atoms. The highest BCUT2D eigenvalue weighted by atomic mass is 35.5. The van der Waals surface area contributed by atoms with Crippen LogP contribution < -0.4 is 5.32 Å². The SMILES string of the molecule is [C-]#[N+]c1nn2c(c1S(C)=O)NC(C=C)(CC#N)c1cc(C(F)(F)F)cc(Cl)c1-2. The van der Waals surface area contributed by atoms with Gasteiger partial charge in [0.05, 0.1) is 28.6 Å². The molecular weight excluding hydrogens is 415 g/mol. The summed E-state index contributed by atoms with van der Waals surface area (Å²) >= 11 is 6.19. The molecule has 28 heavy (non-hydrogen) atoms. The normalized spacial score (nSPS) is 18.8. The summed E-state index contributed by atoms with van der Waals surface area (Å²) in [5.74, 6) is -0.0572. The van der Waals surface area contributed by atoms with Crippen LogP contribution in [0.25, 0.3) is 10.5 Å². The number of benzene rings is 1. The fourth-order valence-corrected chi connectivity index (χ4v) is 4.15. The van der Waals surface area contributed by atoms with Crippen molar-refractivity contribution in [1.82, 2.24) is 9.78 Å². The van der Waals surface area contributed by atoms with E-state index in [0.29, 0.717) is 0 Å². The van der Waals surface area contributed by atoms with E-state index in [-0.39, 0.29) is 39.2 Å². The van der Waals surface area contributed by atoms with E-state index in [4.69, 9.17) is 18.2 Å². The Labute approximate surface area is 165 Å². The van der Waals surface area contributed by atoms with Crippen LogP contribution in [0.4, 0.5) is 24.8 Å². The lowest BCUT2D eigenvalue weighted by molar-refractivity contribution is -0.137. The van der Waals surface area contributed by atoms with Gasteiger partial charge in [-0.1, -0.05) is 24.2 Å². The fourth-order valence-electron chi connectivity index (χ4n) is 3.10. The zero-order chi connectivity index (χ0) is 20.9. The van der Waals surface area contributed by atoms with Crippen LogP contribution in [-0.4, -0.2) is 20.2 Å². The molecule has 0 saturated heterocycles. The summed E-state index contributed by atoms with van der Waals surface area (Å²) in [6, 6.07) is 3.54. The molecule has 11 heteroatoms. The maximum absolute atomic E-state index is 13.3. The number of rotatable bonds is 3. The van der Waals surface area contributed by atoms with E-state index in [2.05, 4.69) is 21.8 Å². The molecule has 0 radical (unpaired) electrons. The number of fused-ring (bicyclic) bond motifs is 3. The van der Waals surface area contributed by atoms with Crippen molar-refractivity contribution < 1.29 is 17.4 Å². The van der Waals surface area contributed by atoms with Gasteiger partial charge < -0.3 is 10.2 Å². The summed E-state index contributed by atoms with van der Waals surface area (Å²) < 4.78 is 53.3. The van der Waals surface area contributed by atoms with Gasteiger partial charge in [-0.25, -0.2) is 0 Å². The molecular formula is C17H11ClF3N5OS. The molecule has 0 bridgehead atoms. The molecule has 1 aromatic heterocycles. The first kappa shape index (κ1) is 19.9. The summed E-state index contributed by atoms with van der Waals surface area (Å²) in [6.07, 6.45) is -2.31. The molecule has 1 aliphatic rings. The van der Waals surface area contributed by atoms with Gasteiger partial charge in [-0.05, 0) is 17.2 Å². The minimum Gasteiger partial charge on any atom is -0.358 e. The number of anilines is 1. The molecule has 6 nitrogen and oxygen atoms in total. The highest BCUT2D eigenvalue weighted by Crippen LogP contribution is 2.48. The Morgan fingerprint density at radius 3 is 2.75 bits per heavy atom. The molecule has 2 aromatic rings. The zero-order valence-corrected chi connectivity index (χ0v) is 15.8. The van der Waals surface area contributed by atoms with E-state index in [1.54, 1.807) is 0 Å². The zero-order valence-electron chi connectivity index (χ0n) is 14.3. The van der Waals surface area contributed by atoms with Gasteiger partial charge in [-0.3, -0.25) is 4.21 Å². The molecule has 0 saturated carbocycles. The largest absolute Gasteiger partial charge is 0.416 e. The number of nitrogens with zero attached hydrogens (tertiary/aromatic N) is 4. The summed E-state index contributed by atoms with van der Waals surface area (Å²) in [4.78, 5) is 3.32. The van der Waals surface area contributed by atoms with Crippen LogP contribution in [0.1, 0.15) is 17.5 Å². The standard InChI is InChI=1S/C17H11ClF3N5OS/c1-4-16(5-6-22)10-7-9(17(19,20)21)8-11(18)12(10)26-15(24-16)13(28(3)27)14(23-2)25-26/h4,7-8,24H,1,5H2,3H3. The highest BCUT2D eigenvalue weighted by Gasteiger charge is 2.44. The molecule has 1 N–H and O–H groups in total. The van der Waals surface area contributed by atoms with Gasteiger partial charge in [-0.15, -0.1) is 11.3 Å². The number of nitriles is 1. The van der Waals surface area contributed by atoms with E-state index in [0.717, 1.165) is 16.8 Å². The lowest BCUT2D eigenvalue weighted by Gasteiger charge is -2.37. The number of hydrogen-bond donors (Lipinski definition) is 1. The van der Waals surface area contributed by atoms with Gasteiger partial charge in [0.2, 0.25) is 0 Å². The summed E-state index contributed by atoms with van der Waals surface area (Å²) in [6.45, 7) is 10.9. The molecule has 144 valence electrons. The Hall–Kier alpha value is -2.82. The number of hydrogen-bond acceptors (Lipinski definition) is 4. The number of aromatic nitrogens is 2. The number of nitrogens with one attached hydrogen (secondary N) is 1. The van der Waals surface area contributed by atoms with E-state index < -0.39 is 28.1 Å². The van der Waals surface area contributed by atoms with Crippen molar-refractivity contribution in [2.45, 2.75) is 23.0 Å². The molecule has 2 heterocycles. The fraction of sp³-hybridized carbons (Fsp3) is 0.235. The Morgan fingerprint density at radius 2 is 2.25 bits per heavy atom. The molecule has 0 amide bonds. The third-order valence-corrected chi connectivity index (χ3v) is 5.59. The second-order valence-electron chi connectivity index (χ2n) is 5.97. The average molecular weight is 426 g/mol. The topological polar surface area (TPSA) is 75.1 Å². The third kappa shape index (κ3) is 2.86. The quantitative estimate of drug-likeness (QED) is 0.578. The molecule has 2 atom stereocenters. The molecule has 1 aromatic carbocycles. The van der Waals surface area contributed by atoms with Gasteiger partial charge in [0, 0.05) is 22.6 Å². The van der Waals surface area contributed by atoms with E-state index in [9.17, 15) is 22.6 Å².